The Morgan fingerprint density at radius 1 is 1.00 bits per heavy atom. The largest absolute Gasteiger partial charge is 0.100 e. The summed E-state index contributed by atoms with van der Waals surface area (Å²) in [5, 5.41) is 0. The zero-order valence-electron chi connectivity index (χ0n) is 9.15. The van der Waals surface area contributed by atoms with Crippen molar-refractivity contribution in [1.82, 2.24) is 0 Å². The van der Waals surface area contributed by atoms with E-state index in [9.17, 15) is 0 Å². The maximum Gasteiger partial charge on any atom is 0.0225 e. The third kappa shape index (κ3) is 5.24. The fourth-order valence-electron chi connectivity index (χ4n) is 1.16. The summed E-state index contributed by atoms with van der Waals surface area (Å²) < 4.78 is 0. The minimum Gasteiger partial charge on any atom is -0.100 e. The molecule has 12 heavy (non-hydrogen) atoms. The summed E-state index contributed by atoms with van der Waals surface area (Å²) in [6.45, 7) is 11.0. The Bertz CT molecular complexity index is 155. The zero-order chi connectivity index (χ0) is 9.56. The molecular formula is C12H22. The summed E-state index contributed by atoms with van der Waals surface area (Å²) in [7, 11) is 0. The molecule has 1 unspecified atom stereocenters. The van der Waals surface area contributed by atoms with E-state index in [1.165, 1.54) is 12.8 Å². The molecule has 0 rings (SSSR count). The third-order valence-corrected chi connectivity index (χ3v) is 1.96. The number of hydrogen-bond donors (Lipinski definition) is 0. The Morgan fingerprint density at radius 2 is 1.58 bits per heavy atom. The molecule has 0 spiro atoms. The first kappa shape index (κ1) is 11.6. The first-order chi connectivity index (χ1) is 5.57. The van der Waals surface area contributed by atoms with Crippen LogP contribution >= 0.6 is 0 Å². The maximum atomic E-state index is 3.37. The van der Waals surface area contributed by atoms with Crippen LogP contribution in [0.3, 0.4) is 0 Å². The van der Waals surface area contributed by atoms with Gasteiger partial charge in [0.1, 0.15) is 0 Å². The van der Waals surface area contributed by atoms with E-state index >= 15 is 0 Å². The van der Waals surface area contributed by atoms with Crippen molar-refractivity contribution in [3.63, 3.8) is 0 Å². The van der Waals surface area contributed by atoms with Crippen molar-refractivity contribution in [1.29, 1.82) is 0 Å². The molecule has 0 bridgehead atoms. The molecule has 0 amide bonds. The van der Waals surface area contributed by atoms with Crippen molar-refractivity contribution < 1.29 is 0 Å². The van der Waals surface area contributed by atoms with E-state index in [1.807, 2.05) is 0 Å². The van der Waals surface area contributed by atoms with Crippen LogP contribution in [0.25, 0.3) is 0 Å². The van der Waals surface area contributed by atoms with Crippen LogP contribution in [0.2, 0.25) is 0 Å². The van der Waals surface area contributed by atoms with Gasteiger partial charge in [-0.15, -0.1) is 5.92 Å². The van der Waals surface area contributed by atoms with Gasteiger partial charge in [0, 0.05) is 11.8 Å². The van der Waals surface area contributed by atoms with Gasteiger partial charge in [-0.05, 0) is 12.3 Å². The molecule has 70 valence electrons. The molecule has 0 heteroatoms. The van der Waals surface area contributed by atoms with E-state index in [0.717, 1.165) is 0 Å². The van der Waals surface area contributed by atoms with Crippen LogP contribution in [0.15, 0.2) is 0 Å². The average Bonchev–Trinajstić information content (AvgIpc) is 1.96. The monoisotopic (exact) mass is 166 g/mol. The lowest BCUT2D eigenvalue weighted by atomic mass is 9.91. The lowest BCUT2D eigenvalue weighted by Gasteiger charge is -2.13. The van der Waals surface area contributed by atoms with E-state index in [0.29, 0.717) is 17.8 Å². The second-order valence-corrected chi connectivity index (χ2v) is 4.08. The van der Waals surface area contributed by atoms with Crippen LogP contribution in [0.4, 0.5) is 0 Å². The number of hydrogen-bond acceptors (Lipinski definition) is 0. The molecule has 0 N–H and O–H groups in total. The lowest BCUT2D eigenvalue weighted by Crippen LogP contribution is -2.05. The Morgan fingerprint density at radius 3 is 1.92 bits per heavy atom. The molecule has 0 heterocycles. The Hall–Kier alpha value is -0.440. The standard InChI is InChI=1S/C12H22/c1-6-7-12(11(4)5)9-8-10(2)3/h10-12H,6-7H2,1-5H3. The first-order valence-corrected chi connectivity index (χ1v) is 5.09. The molecule has 1 atom stereocenters. The summed E-state index contributed by atoms with van der Waals surface area (Å²) in [6, 6.07) is 0. The van der Waals surface area contributed by atoms with Gasteiger partial charge in [0.25, 0.3) is 0 Å². The van der Waals surface area contributed by atoms with Gasteiger partial charge in [-0.2, -0.15) is 0 Å². The minimum absolute atomic E-state index is 0.517. The highest BCUT2D eigenvalue weighted by Crippen LogP contribution is 2.15. The van der Waals surface area contributed by atoms with Gasteiger partial charge in [0.05, 0.1) is 0 Å². The average molecular weight is 166 g/mol. The van der Waals surface area contributed by atoms with Crippen LogP contribution < -0.4 is 0 Å². The molecule has 0 aliphatic heterocycles. The lowest BCUT2D eigenvalue weighted by molar-refractivity contribution is 0.446. The van der Waals surface area contributed by atoms with Gasteiger partial charge >= 0.3 is 0 Å². The van der Waals surface area contributed by atoms with Crippen molar-refractivity contribution in [2.75, 3.05) is 0 Å². The third-order valence-electron chi connectivity index (χ3n) is 1.96. The molecule has 0 aliphatic rings. The second kappa shape index (κ2) is 6.12. The van der Waals surface area contributed by atoms with Crippen molar-refractivity contribution in [2.45, 2.75) is 47.5 Å². The van der Waals surface area contributed by atoms with Crippen molar-refractivity contribution >= 4 is 0 Å². The number of rotatable bonds is 3. The van der Waals surface area contributed by atoms with Crippen molar-refractivity contribution in [3.05, 3.63) is 0 Å². The Labute approximate surface area is 77.8 Å². The van der Waals surface area contributed by atoms with Crippen LogP contribution in [-0.4, -0.2) is 0 Å². The molecule has 0 aromatic heterocycles. The summed E-state index contributed by atoms with van der Waals surface area (Å²) >= 11 is 0. The summed E-state index contributed by atoms with van der Waals surface area (Å²) in [4.78, 5) is 0. The van der Waals surface area contributed by atoms with Gasteiger partial charge < -0.3 is 0 Å². The van der Waals surface area contributed by atoms with E-state index in [1.54, 1.807) is 0 Å². The normalized spacial score (nSPS) is 12.9. The van der Waals surface area contributed by atoms with Crippen LogP contribution in [0.5, 0.6) is 0 Å². The topological polar surface area (TPSA) is 0 Å². The molecule has 0 aliphatic carbocycles. The van der Waals surface area contributed by atoms with E-state index in [-0.39, 0.29) is 0 Å². The minimum atomic E-state index is 0.517. The highest BCUT2D eigenvalue weighted by molar-refractivity contribution is 5.06. The maximum absolute atomic E-state index is 3.37. The fourth-order valence-corrected chi connectivity index (χ4v) is 1.16. The quantitative estimate of drug-likeness (QED) is 0.561. The van der Waals surface area contributed by atoms with Gasteiger partial charge in [0.15, 0.2) is 0 Å². The van der Waals surface area contributed by atoms with Gasteiger partial charge in [-0.1, -0.05) is 47.0 Å². The first-order valence-electron chi connectivity index (χ1n) is 5.09. The zero-order valence-corrected chi connectivity index (χ0v) is 9.15. The molecule has 0 saturated carbocycles. The van der Waals surface area contributed by atoms with Crippen LogP contribution in [0, 0.1) is 29.6 Å². The summed E-state index contributed by atoms with van der Waals surface area (Å²) in [5.41, 5.74) is 0. The molecule has 0 fully saturated rings. The molecule has 0 radical (unpaired) electrons. The predicted molar refractivity (Wildman–Crippen MR) is 55.9 cm³/mol. The van der Waals surface area contributed by atoms with E-state index in [4.69, 9.17) is 0 Å². The smallest absolute Gasteiger partial charge is 0.0225 e. The summed E-state index contributed by atoms with van der Waals surface area (Å²) in [6.07, 6.45) is 2.49. The highest BCUT2D eigenvalue weighted by atomic mass is 14.1. The molecule has 0 nitrogen and oxygen atoms in total. The van der Waals surface area contributed by atoms with Crippen LogP contribution in [0.1, 0.15) is 47.5 Å². The fraction of sp³-hybridized carbons (Fsp3) is 0.833. The van der Waals surface area contributed by atoms with Crippen molar-refractivity contribution in [2.24, 2.45) is 17.8 Å². The highest BCUT2D eigenvalue weighted by Gasteiger charge is 2.08. The molecule has 0 aromatic carbocycles. The summed E-state index contributed by atoms with van der Waals surface area (Å²) in [5.74, 6) is 8.46. The Balaban J connectivity index is 4.06. The Kier molecular flexibility index (Phi) is 5.89. The van der Waals surface area contributed by atoms with Crippen LogP contribution in [-0.2, 0) is 0 Å². The van der Waals surface area contributed by atoms with Gasteiger partial charge in [0.2, 0.25) is 0 Å². The van der Waals surface area contributed by atoms with E-state index < -0.39 is 0 Å². The molecule has 0 aromatic rings. The predicted octanol–water partition coefficient (Wildman–Crippen LogP) is 3.72. The van der Waals surface area contributed by atoms with Crippen molar-refractivity contribution in [3.8, 4) is 11.8 Å². The van der Waals surface area contributed by atoms with Gasteiger partial charge in [-0.3, -0.25) is 0 Å². The second-order valence-electron chi connectivity index (χ2n) is 4.08. The molecule has 0 saturated heterocycles. The van der Waals surface area contributed by atoms with E-state index in [2.05, 4.69) is 46.5 Å². The SMILES string of the molecule is CCCC(C#CC(C)C)C(C)C. The molecular weight excluding hydrogens is 144 g/mol. The van der Waals surface area contributed by atoms with Gasteiger partial charge in [-0.25, -0.2) is 0 Å².